The molecule has 1 atom stereocenters. The second kappa shape index (κ2) is 3.98. The van der Waals surface area contributed by atoms with Gasteiger partial charge in [0.15, 0.2) is 0 Å². The molecular formula is C8H8ClNO2S. The van der Waals surface area contributed by atoms with Gasteiger partial charge in [-0.3, -0.25) is 9.78 Å². The van der Waals surface area contributed by atoms with Gasteiger partial charge in [0.05, 0.1) is 5.69 Å². The molecule has 2 rings (SSSR count). The van der Waals surface area contributed by atoms with Gasteiger partial charge < -0.3 is 5.11 Å². The van der Waals surface area contributed by atoms with E-state index in [1.807, 2.05) is 12.1 Å². The fourth-order valence-electron chi connectivity index (χ4n) is 1.25. The zero-order valence-corrected chi connectivity index (χ0v) is 8.27. The molecule has 1 aliphatic heterocycles. The van der Waals surface area contributed by atoms with Crippen LogP contribution in [0.25, 0.3) is 0 Å². The Labute approximate surface area is 86.0 Å². The van der Waals surface area contributed by atoms with Gasteiger partial charge in [-0.1, -0.05) is 6.07 Å². The van der Waals surface area contributed by atoms with Crippen LogP contribution in [0.15, 0.2) is 18.3 Å². The standard InChI is InChI=1S/C8H7NO2S.ClH/c10-8(11)7-6-5(4-12-7)2-1-3-9-6;/h1-3,7H,4H2,(H,10,11);1H. The zero-order chi connectivity index (χ0) is 8.55. The monoisotopic (exact) mass is 217 g/mol. The number of aliphatic carboxylic acids is 1. The van der Waals surface area contributed by atoms with Crippen molar-refractivity contribution in [2.45, 2.75) is 11.0 Å². The minimum Gasteiger partial charge on any atom is -0.480 e. The summed E-state index contributed by atoms with van der Waals surface area (Å²) in [6.45, 7) is 0. The number of hydrogen-bond donors (Lipinski definition) is 1. The summed E-state index contributed by atoms with van der Waals surface area (Å²) in [5.74, 6) is -0.0300. The first-order valence-electron chi connectivity index (χ1n) is 3.57. The Balaban J connectivity index is 0.000000845. The van der Waals surface area contributed by atoms with Crippen LogP contribution < -0.4 is 0 Å². The Kier molecular flexibility index (Phi) is 3.17. The predicted molar refractivity (Wildman–Crippen MR) is 53.2 cm³/mol. The highest BCUT2D eigenvalue weighted by molar-refractivity contribution is 7.99. The van der Waals surface area contributed by atoms with Crippen molar-refractivity contribution in [2.75, 3.05) is 0 Å². The highest BCUT2D eigenvalue weighted by atomic mass is 35.5. The smallest absolute Gasteiger partial charge is 0.322 e. The molecule has 3 nitrogen and oxygen atoms in total. The molecule has 70 valence electrons. The van der Waals surface area contributed by atoms with Crippen LogP contribution in [0.1, 0.15) is 16.5 Å². The highest BCUT2D eigenvalue weighted by Crippen LogP contribution is 2.39. The van der Waals surface area contributed by atoms with E-state index in [1.165, 1.54) is 11.8 Å². The lowest BCUT2D eigenvalue weighted by Crippen LogP contribution is -2.06. The molecule has 0 bridgehead atoms. The van der Waals surface area contributed by atoms with E-state index in [-0.39, 0.29) is 12.4 Å². The summed E-state index contributed by atoms with van der Waals surface area (Å²) in [5.41, 5.74) is 1.77. The second-order valence-corrected chi connectivity index (χ2v) is 3.67. The lowest BCUT2D eigenvalue weighted by molar-refractivity contribution is -0.136. The minimum atomic E-state index is -0.794. The average molecular weight is 218 g/mol. The molecule has 1 aromatic rings. The van der Waals surface area contributed by atoms with E-state index in [1.54, 1.807) is 6.20 Å². The molecule has 13 heavy (non-hydrogen) atoms. The van der Waals surface area contributed by atoms with Crippen molar-refractivity contribution in [1.29, 1.82) is 0 Å². The summed E-state index contributed by atoms with van der Waals surface area (Å²) in [7, 11) is 0. The molecule has 0 saturated carbocycles. The molecule has 1 N–H and O–H groups in total. The van der Waals surface area contributed by atoms with Gasteiger partial charge in [0, 0.05) is 11.9 Å². The summed E-state index contributed by atoms with van der Waals surface area (Å²) in [6, 6.07) is 3.77. The summed E-state index contributed by atoms with van der Waals surface area (Å²) >= 11 is 1.42. The van der Waals surface area contributed by atoms with Crippen molar-refractivity contribution in [2.24, 2.45) is 0 Å². The Morgan fingerprint density at radius 2 is 2.46 bits per heavy atom. The minimum absolute atomic E-state index is 0. The van der Waals surface area contributed by atoms with Gasteiger partial charge in [-0.2, -0.15) is 0 Å². The lowest BCUT2D eigenvalue weighted by atomic mass is 10.2. The topological polar surface area (TPSA) is 50.2 Å². The molecule has 0 amide bonds. The Bertz CT molecular complexity index is 332. The molecule has 0 saturated heterocycles. The van der Waals surface area contributed by atoms with Gasteiger partial charge in [0.1, 0.15) is 5.25 Å². The molecule has 1 aromatic heterocycles. The van der Waals surface area contributed by atoms with Crippen molar-refractivity contribution < 1.29 is 9.90 Å². The van der Waals surface area contributed by atoms with Crippen LogP contribution in [-0.2, 0) is 10.5 Å². The molecule has 0 aromatic carbocycles. The van der Waals surface area contributed by atoms with E-state index in [9.17, 15) is 4.79 Å². The van der Waals surface area contributed by atoms with E-state index in [2.05, 4.69) is 4.98 Å². The fraction of sp³-hybridized carbons (Fsp3) is 0.250. The maximum Gasteiger partial charge on any atom is 0.322 e. The second-order valence-electron chi connectivity index (χ2n) is 2.58. The Hall–Kier alpha value is -0.740. The van der Waals surface area contributed by atoms with Crippen molar-refractivity contribution in [1.82, 2.24) is 4.98 Å². The van der Waals surface area contributed by atoms with Crippen molar-refractivity contribution in [3.05, 3.63) is 29.6 Å². The molecule has 0 aliphatic carbocycles. The first kappa shape index (κ1) is 10.3. The van der Waals surface area contributed by atoms with E-state index in [0.717, 1.165) is 17.0 Å². The number of carboxylic acids is 1. The molecule has 2 heterocycles. The summed E-state index contributed by atoms with van der Waals surface area (Å²) in [5, 5.41) is 8.34. The SMILES string of the molecule is Cl.O=C(O)C1SCc2cccnc21. The number of carbonyl (C=O) groups is 1. The van der Waals surface area contributed by atoms with Crippen LogP contribution in [0.4, 0.5) is 0 Å². The Morgan fingerprint density at radius 1 is 1.69 bits per heavy atom. The third-order valence-corrected chi connectivity index (χ3v) is 3.04. The van der Waals surface area contributed by atoms with E-state index in [4.69, 9.17) is 5.11 Å². The van der Waals surface area contributed by atoms with Crippen LogP contribution in [0, 0.1) is 0 Å². The van der Waals surface area contributed by atoms with Gasteiger partial charge in [0.25, 0.3) is 0 Å². The number of fused-ring (bicyclic) bond motifs is 1. The third-order valence-electron chi connectivity index (χ3n) is 1.80. The number of carboxylic acid groups (broad SMARTS) is 1. The number of pyridine rings is 1. The van der Waals surface area contributed by atoms with Crippen molar-refractivity contribution >= 4 is 30.1 Å². The summed E-state index contributed by atoms with van der Waals surface area (Å²) in [4.78, 5) is 14.8. The average Bonchev–Trinajstić information content (AvgIpc) is 2.47. The first-order chi connectivity index (χ1) is 5.79. The van der Waals surface area contributed by atoms with Crippen molar-refractivity contribution in [3.63, 3.8) is 0 Å². The fourth-order valence-corrected chi connectivity index (χ4v) is 2.35. The largest absolute Gasteiger partial charge is 0.480 e. The molecule has 0 fully saturated rings. The van der Waals surface area contributed by atoms with Gasteiger partial charge in [-0.15, -0.1) is 24.2 Å². The van der Waals surface area contributed by atoms with Crippen LogP contribution in [0.2, 0.25) is 0 Å². The third kappa shape index (κ3) is 1.78. The summed E-state index contributed by atoms with van der Waals surface area (Å²) < 4.78 is 0. The van der Waals surface area contributed by atoms with Gasteiger partial charge in [-0.25, -0.2) is 0 Å². The first-order valence-corrected chi connectivity index (χ1v) is 4.62. The maximum absolute atomic E-state index is 10.7. The van der Waals surface area contributed by atoms with Crippen LogP contribution in [0.3, 0.4) is 0 Å². The predicted octanol–water partition coefficient (Wildman–Crippen LogP) is 1.88. The highest BCUT2D eigenvalue weighted by Gasteiger charge is 2.29. The van der Waals surface area contributed by atoms with Crippen molar-refractivity contribution in [3.8, 4) is 0 Å². The van der Waals surface area contributed by atoms with E-state index < -0.39 is 11.2 Å². The zero-order valence-electron chi connectivity index (χ0n) is 6.64. The number of rotatable bonds is 1. The molecular weight excluding hydrogens is 210 g/mol. The summed E-state index contributed by atoms with van der Waals surface area (Å²) in [6.07, 6.45) is 1.64. The quantitative estimate of drug-likeness (QED) is 0.781. The number of nitrogens with zero attached hydrogens (tertiary/aromatic N) is 1. The number of thioether (sulfide) groups is 1. The van der Waals surface area contributed by atoms with Gasteiger partial charge >= 0.3 is 5.97 Å². The van der Waals surface area contributed by atoms with E-state index >= 15 is 0 Å². The molecule has 0 radical (unpaired) electrons. The normalized spacial score (nSPS) is 18.9. The van der Waals surface area contributed by atoms with Gasteiger partial charge in [0.2, 0.25) is 0 Å². The maximum atomic E-state index is 10.7. The van der Waals surface area contributed by atoms with Gasteiger partial charge in [-0.05, 0) is 11.6 Å². The van der Waals surface area contributed by atoms with E-state index in [0.29, 0.717) is 0 Å². The molecule has 1 aliphatic rings. The Morgan fingerprint density at radius 3 is 3.15 bits per heavy atom. The molecule has 1 unspecified atom stereocenters. The number of halogens is 1. The molecule has 5 heteroatoms. The van der Waals surface area contributed by atoms with Crippen LogP contribution in [0.5, 0.6) is 0 Å². The van der Waals surface area contributed by atoms with Crippen LogP contribution >= 0.6 is 24.2 Å². The molecule has 0 spiro atoms. The van der Waals surface area contributed by atoms with Crippen LogP contribution in [-0.4, -0.2) is 16.1 Å². The number of aromatic nitrogens is 1. The lowest BCUT2D eigenvalue weighted by Gasteiger charge is -2.01. The number of hydrogen-bond acceptors (Lipinski definition) is 3.